The van der Waals surface area contributed by atoms with Crippen LogP contribution in [0.2, 0.25) is 0 Å². The summed E-state index contributed by atoms with van der Waals surface area (Å²) in [7, 11) is 3.93. The summed E-state index contributed by atoms with van der Waals surface area (Å²) in [6.07, 6.45) is 7.38. The van der Waals surface area contributed by atoms with Crippen molar-refractivity contribution in [2.24, 2.45) is 5.92 Å². The maximum Gasteiger partial charge on any atom is 0.435 e. The normalized spacial score (nSPS) is 17.7. The van der Waals surface area contributed by atoms with Gasteiger partial charge in [-0.3, -0.25) is 0 Å². The van der Waals surface area contributed by atoms with E-state index in [1.165, 1.54) is 4.68 Å². The van der Waals surface area contributed by atoms with Crippen LogP contribution in [0.5, 0.6) is 0 Å². The summed E-state index contributed by atoms with van der Waals surface area (Å²) < 4.78 is 21.0. The number of amides is 2. The second-order valence-electron chi connectivity index (χ2n) is 9.52. The number of benzene rings is 1. The summed E-state index contributed by atoms with van der Waals surface area (Å²) >= 11 is 0. The molecule has 1 aromatic heterocycles. The van der Waals surface area contributed by atoms with Gasteiger partial charge in [0.2, 0.25) is 0 Å². The van der Waals surface area contributed by atoms with Crippen LogP contribution in [-0.2, 0) is 4.74 Å². The highest BCUT2D eigenvalue weighted by molar-refractivity contribution is 6.02. The Morgan fingerprint density at radius 3 is 2.80 bits per heavy atom. The number of hydrogen-bond donors (Lipinski definition) is 2. The van der Waals surface area contributed by atoms with Gasteiger partial charge in [-0.25, -0.2) is 14.0 Å². The van der Waals surface area contributed by atoms with E-state index in [0.717, 1.165) is 54.6 Å². The van der Waals surface area contributed by atoms with Gasteiger partial charge in [0.1, 0.15) is 5.83 Å². The Hall–Kier alpha value is -3.46. The molecule has 0 aliphatic heterocycles. The molecule has 3 aliphatic rings. The van der Waals surface area contributed by atoms with Gasteiger partial charge in [0.25, 0.3) is 0 Å². The van der Waals surface area contributed by atoms with Crippen molar-refractivity contribution in [3.05, 3.63) is 58.7 Å². The number of urea groups is 1. The Bertz CT molecular complexity index is 1270. The minimum absolute atomic E-state index is 0.0862. The van der Waals surface area contributed by atoms with Crippen LogP contribution in [0, 0.1) is 5.92 Å². The van der Waals surface area contributed by atoms with Gasteiger partial charge in [0.05, 0.1) is 24.0 Å². The van der Waals surface area contributed by atoms with Gasteiger partial charge in [-0.05, 0) is 93.5 Å². The van der Waals surface area contributed by atoms with Crippen LogP contribution in [0.3, 0.4) is 0 Å². The number of rotatable bonds is 7. The molecule has 0 atom stereocenters. The van der Waals surface area contributed by atoms with Crippen LogP contribution in [0.1, 0.15) is 38.5 Å². The maximum atomic E-state index is 14.4. The van der Waals surface area contributed by atoms with Crippen LogP contribution in [0.15, 0.2) is 58.7 Å². The molecule has 3 aliphatic carbocycles. The highest BCUT2D eigenvalue weighted by Crippen LogP contribution is 2.49. The molecule has 184 valence electrons. The van der Waals surface area contributed by atoms with Crippen molar-refractivity contribution in [2.45, 2.75) is 38.5 Å². The summed E-state index contributed by atoms with van der Waals surface area (Å²) in [5.74, 6) is 0.246. The molecule has 5 rings (SSSR count). The van der Waals surface area contributed by atoms with Crippen LogP contribution >= 0.6 is 0 Å². The second-order valence-corrected chi connectivity index (χ2v) is 9.52. The predicted molar refractivity (Wildman–Crippen MR) is 132 cm³/mol. The number of carbonyl (C=O) groups is 2. The molecule has 0 bridgehead atoms. The number of hydrogen-bond acceptors (Lipinski definition) is 5. The van der Waals surface area contributed by atoms with Crippen molar-refractivity contribution in [1.82, 2.24) is 20.0 Å². The summed E-state index contributed by atoms with van der Waals surface area (Å²) in [4.78, 5) is 27.4. The van der Waals surface area contributed by atoms with Crippen molar-refractivity contribution in [2.75, 3.05) is 32.6 Å². The summed E-state index contributed by atoms with van der Waals surface area (Å²) in [5, 5.41) is 10.7. The molecule has 0 spiro atoms. The quantitative estimate of drug-likeness (QED) is 0.539. The minimum Gasteiger partial charge on any atom is -0.448 e. The Morgan fingerprint density at radius 1 is 1.20 bits per heavy atom. The summed E-state index contributed by atoms with van der Waals surface area (Å²) in [6.45, 7) is 1.12. The fraction of sp³-hybridized carbons (Fsp3) is 0.423. The molecule has 1 fully saturated rings. The predicted octanol–water partition coefficient (Wildman–Crippen LogP) is 5.11. The smallest absolute Gasteiger partial charge is 0.435 e. The number of nitrogens with zero attached hydrogens (tertiary/aromatic N) is 3. The number of anilines is 1. The van der Waals surface area contributed by atoms with Gasteiger partial charge in [-0.2, -0.15) is 9.78 Å². The Morgan fingerprint density at radius 2 is 2.03 bits per heavy atom. The first kappa shape index (κ1) is 23.3. The first-order valence-electron chi connectivity index (χ1n) is 12.1. The van der Waals surface area contributed by atoms with Gasteiger partial charge in [0.15, 0.2) is 0 Å². The number of fused-ring (bicyclic) bond motifs is 2. The van der Waals surface area contributed by atoms with E-state index in [1.807, 2.05) is 19.0 Å². The number of allylic oxidation sites excluding steroid dienone is 6. The van der Waals surface area contributed by atoms with E-state index in [1.54, 1.807) is 30.5 Å². The van der Waals surface area contributed by atoms with Gasteiger partial charge in [-0.1, -0.05) is 6.07 Å². The second kappa shape index (κ2) is 9.65. The maximum absolute atomic E-state index is 14.4. The summed E-state index contributed by atoms with van der Waals surface area (Å²) in [5.41, 5.74) is 4.93. The average Bonchev–Trinajstić information content (AvgIpc) is 3.43. The van der Waals surface area contributed by atoms with E-state index in [-0.39, 0.29) is 11.9 Å². The van der Waals surface area contributed by atoms with E-state index in [0.29, 0.717) is 42.0 Å². The number of carbonyl (C=O) groups excluding carboxylic acids is 2. The molecule has 1 aromatic carbocycles. The Kier molecular flexibility index (Phi) is 6.42. The summed E-state index contributed by atoms with van der Waals surface area (Å²) in [6, 6.07) is 4.90. The monoisotopic (exact) mass is 479 g/mol. The van der Waals surface area contributed by atoms with Crippen molar-refractivity contribution in [3.8, 4) is 0 Å². The van der Waals surface area contributed by atoms with Gasteiger partial charge in [0, 0.05) is 17.6 Å². The van der Waals surface area contributed by atoms with Gasteiger partial charge >= 0.3 is 12.1 Å². The number of ether oxygens (including phenoxy) is 1. The third-order valence-electron chi connectivity index (χ3n) is 6.68. The van der Waals surface area contributed by atoms with E-state index < -0.39 is 6.09 Å². The van der Waals surface area contributed by atoms with Gasteiger partial charge < -0.3 is 20.3 Å². The van der Waals surface area contributed by atoms with Crippen LogP contribution in [0.25, 0.3) is 10.9 Å². The van der Waals surface area contributed by atoms with Crippen molar-refractivity contribution in [1.29, 1.82) is 0 Å². The zero-order chi connectivity index (χ0) is 24.5. The number of nitrogens with one attached hydrogen (secondary N) is 2. The fourth-order valence-electron chi connectivity index (χ4n) is 4.87. The molecule has 0 saturated heterocycles. The topological polar surface area (TPSA) is 88.5 Å². The highest BCUT2D eigenvalue weighted by atomic mass is 19.1. The molecule has 9 heteroatoms. The van der Waals surface area contributed by atoms with Gasteiger partial charge in [-0.15, -0.1) is 0 Å². The Labute approximate surface area is 203 Å². The average molecular weight is 480 g/mol. The van der Waals surface area contributed by atoms with Crippen LogP contribution in [-0.4, -0.2) is 54.1 Å². The number of aromatic nitrogens is 2. The van der Waals surface area contributed by atoms with Crippen molar-refractivity contribution < 1.29 is 18.7 Å². The lowest BCUT2D eigenvalue weighted by atomic mass is 9.90. The first-order chi connectivity index (χ1) is 16.9. The standard InChI is InChI=1S/C26H30FN5O3/c1-31(2)13-4-14-35-26(34)32-23-6-3-5-21(19(23)15-28-32)29-25(33)30-22-12-10-18-17(22)9-11-20(27)24(18)16-7-8-16/h3,5-6,11,15-16H,4,7-10,12-14H2,1-2H3,(H2,29,30,33). The highest BCUT2D eigenvalue weighted by Gasteiger charge is 2.36. The third-order valence-corrected chi connectivity index (χ3v) is 6.68. The lowest BCUT2D eigenvalue weighted by molar-refractivity contribution is 0.141. The first-order valence-corrected chi connectivity index (χ1v) is 12.1. The zero-order valence-corrected chi connectivity index (χ0v) is 20.1. The molecule has 1 saturated carbocycles. The lowest BCUT2D eigenvalue weighted by Gasteiger charge is -2.17. The molecule has 35 heavy (non-hydrogen) atoms. The SMILES string of the molecule is CN(C)CCCOC(=O)n1ncc2c(NC(=O)NC3=C4CC=C(F)C(C5CC5)=C4CC3)cccc21. The van der Waals surface area contributed by atoms with Crippen molar-refractivity contribution in [3.63, 3.8) is 0 Å². The molecular formula is C26H30FN5O3. The molecule has 2 aromatic rings. The van der Waals surface area contributed by atoms with Crippen molar-refractivity contribution >= 4 is 28.7 Å². The lowest BCUT2D eigenvalue weighted by Crippen LogP contribution is -2.28. The van der Waals surface area contributed by atoms with E-state index >= 15 is 0 Å². The molecule has 2 amide bonds. The molecule has 1 heterocycles. The minimum atomic E-state index is -0.554. The molecule has 0 unspecified atom stereocenters. The van der Waals surface area contributed by atoms with E-state index in [9.17, 15) is 14.0 Å². The largest absolute Gasteiger partial charge is 0.448 e. The van der Waals surface area contributed by atoms with E-state index in [2.05, 4.69) is 15.7 Å². The fourth-order valence-corrected chi connectivity index (χ4v) is 4.87. The van der Waals surface area contributed by atoms with Crippen LogP contribution in [0.4, 0.5) is 19.7 Å². The van der Waals surface area contributed by atoms with E-state index in [4.69, 9.17) is 4.74 Å². The third kappa shape index (κ3) is 4.86. The zero-order valence-electron chi connectivity index (χ0n) is 20.1. The number of halogens is 1. The van der Waals surface area contributed by atoms with Crippen LogP contribution < -0.4 is 10.6 Å². The molecule has 2 N–H and O–H groups in total. The molecular weight excluding hydrogens is 449 g/mol. The molecule has 0 radical (unpaired) electrons. The molecule has 8 nitrogen and oxygen atoms in total. The Balaban J connectivity index is 1.27.